The number of hydrogen-bond donors (Lipinski definition) is 2. The normalized spacial score (nSPS) is 17.4. The van der Waals surface area contributed by atoms with E-state index >= 15 is 0 Å². The zero-order valence-corrected chi connectivity index (χ0v) is 19.6. The molecule has 11 heteroatoms. The molecule has 2 aliphatic heterocycles. The standard InChI is InChI=1S/C21H22BrN5O4S/c22-13-8-15-16(31-11-30-15)9-17(13)32-21-25-19-14(3-5-24-20(19)23)27(21)7-4-12-2-1-6-26(12)18(29)10-28/h3,5,8-9,12,28H,1-2,4,6-7,10-11H2,(H2,23,24). The van der Waals surface area contributed by atoms with Crippen LogP contribution in [0, 0.1) is 0 Å². The van der Waals surface area contributed by atoms with Gasteiger partial charge in [0, 0.05) is 34.7 Å². The number of anilines is 1. The van der Waals surface area contributed by atoms with Crippen molar-refractivity contribution in [1.29, 1.82) is 0 Å². The van der Waals surface area contributed by atoms with Crippen LogP contribution in [-0.4, -0.2) is 56.4 Å². The number of fused-ring (bicyclic) bond motifs is 2. The zero-order valence-electron chi connectivity index (χ0n) is 17.2. The second-order valence-electron chi connectivity index (χ2n) is 7.68. The second-order valence-corrected chi connectivity index (χ2v) is 9.54. The molecule has 0 aliphatic carbocycles. The molecule has 2 aliphatic rings. The van der Waals surface area contributed by atoms with E-state index in [4.69, 9.17) is 20.2 Å². The van der Waals surface area contributed by atoms with Gasteiger partial charge in [0.05, 0.1) is 5.52 Å². The number of nitrogens with two attached hydrogens (primary N) is 1. The molecule has 3 aromatic rings. The van der Waals surface area contributed by atoms with Crippen molar-refractivity contribution in [3.8, 4) is 11.5 Å². The van der Waals surface area contributed by atoms with E-state index in [9.17, 15) is 9.90 Å². The van der Waals surface area contributed by atoms with E-state index in [-0.39, 0.29) is 18.7 Å². The van der Waals surface area contributed by atoms with Crippen LogP contribution >= 0.6 is 27.7 Å². The number of aryl methyl sites for hydroxylation is 1. The van der Waals surface area contributed by atoms with E-state index in [1.54, 1.807) is 11.1 Å². The molecule has 4 heterocycles. The van der Waals surface area contributed by atoms with Crippen LogP contribution in [0.3, 0.4) is 0 Å². The summed E-state index contributed by atoms with van der Waals surface area (Å²) in [6.45, 7) is 1.11. The SMILES string of the molecule is Nc1nccc2c1nc(Sc1cc3c(cc1Br)OCO3)n2CCC1CCCN1C(=O)CO. The number of aliphatic hydroxyl groups excluding tert-OH is 1. The van der Waals surface area contributed by atoms with Gasteiger partial charge in [0.15, 0.2) is 22.5 Å². The van der Waals surface area contributed by atoms with Gasteiger partial charge < -0.3 is 29.8 Å². The van der Waals surface area contributed by atoms with E-state index in [1.807, 2.05) is 18.2 Å². The van der Waals surface area contributed by atoms with Crippen molar-refractivity contribution in [3.63, 3.8) is 0 Å². The van der Waals surface area contributed by atoms with Crippen molar-refractivity contribution in [2.24, 2.45) is 0 Å². The summed E-state index contributed by atoms with van der Waals surface area (Å²) in [7, 11) is 0. The molecule has 1 fully saturated rings. The Hall–Kier alpha value is -2.50. The number of carbonyl (C=O) groups is 1. The summed E-state index contributed by atoms with van der Waals surface area (Å²) in [5.74, 6) is 1.57. The second kappa shape index (κ2) is 8.80. The first-order chi connectivity index (χ1) is 15.5. The summed E-state index contributed by atoms with van der Waals surface area (Å²) in [5, 5.41) is 10.1. The lowest BCUT2D eigenvalue weighted by Crippen LogP contribution is -2.37. The van der Waals surface area contributed by atoms with Crippen LogP contribution < -0.4 is 15.2 Å². The van der Waals surface area contributed by atoms with E-state index in [1.165, 1.54) is 11.8 Å². The molecule has 0 saturated carbocycles. The molecule has 2 aromatic heterocycles. The molecule has 0 bridgehead atoms. The molecule has 1 atom stereocenters. The number of rotatable bonds is 6. The third-order valence-electron chi connectivity index (χ3n) is 5.81. The van der Waals surface area contributed by atoms with E-state index in [2.05, 4.69) is 25.5 Å². The van der Waals surface area contributed by atoms with Crippen LogP contribution in [0.5, 0.6) is 11.5 Å². The maximum absolute atomic E-state index is 12.1. The Labute approximate surface area is 197 Å². The largest absolute Gasteiger partial charge is 0.454 e. The van der Waals surface area contributed by atoms with Gasteiger partial charge in [-0.1, -0.05) is 11.8 Å². The molecule has 0 spiro atoms. The predicted molar refractivity (Wildman–Crippen MR) is 123 cm³/mol. The molecular formula is C21H22BrN5O4S. The molecular weight excluding hydrogens is 498 g/mol. The summed E-state index contributed by atoms with van der Waals surface area (Å²) in [5.41, 5.74) is 7.66. The Bertz CT molecular complexity index is 1190. The highest BCUT2D eigenvalue weighted by atomic mass is 79.9. The summed E-state index contributed by atoms with van der Waals surface area (Å²) in [6, 6.07) is 5.83. The van der Waals surface area contributed by atoms with Gasteiger partial charge in [0.2, 0.25) is 12.7 Å². The number of pyridine rings is 1. The number of amides is 1. The molecule has 3 N–H and O–H groups in total. The average molecular weight is 520 g/mol. The maximum Gasteiger partial charge on any atom is 0.248 e. The Balaban J connectivity index is 1.46. The number of halogens is 1. The van der Waals surface area contributed by atoms with E-state index < -0.39 is 6.61 Å². The molecule has 32 heavy (non-hydrogen) atoms. The average Bonchev–Trinajstić information content (AvgIpc) is 3.51. The van der Waals surface area contributed by atoms with Crippen LogP contribution in [0.25, 0.3) is 11.0 Å². The lowest BCUT2D eigenvalue weighted by atomic mass is 10.1. The molecule has 9 nitrogen and oxygen atoms in total. The first-order valence-corrected chi connectivity index (χ1v) is 11.9. The van der Waals surface area contributed by atoms with Crippen LogP contribution in [0.15, 0.2) is 38.9 Å². The van der Waals surface area contributed by atoms with Gasteiger partial charge in [0.1, 0.15) is 12.1 Å². The number of carbonyl (C=O) groups excluding carboxylic acids is 1. The van der Waals surface area contributed by atoms with Crippen LogP contribution in [0.1, 0.15) is 19.3 Å². The lowest BCUT2D eigenvalue weighted by Gasteiger charge is -2.24. The van der Waals surface area contributed by atoms with Crippen molar-refractivity contribution in [2.45, 2.75) is 41.9 Å². The highest BCUT2D eigenvalue weighted by molar-refractivity contribution is 9.10. The molecule has 1 unspecified atom stereocenters. The van der Waals surface area contributed by atoms with Crippen LogP contribution in [-0.2, 0) is 11.3 Å². The third kappa shape index (κ3) is 3.89. The fraction of sp³-hybridized carbons (Fsp3) is 0.381. The highest BCUT2D eigenvalue weighted by Crippen LogP contribution is 2.43. The van der Waals surface area contributed by atoms with Gasteiger partial charge in [-0.3, -0.25) is 4.79 Å². The Morgan fingerprint density at radius 2 is 2.16 bits per heavy atom. The van der Waals surface area contributed by atoms with Gasteiger partial charge in [-0.05, 0) is 53.4 Å². The Morgan fingerprint density at radius 3 is 2.97 bits per heavy atom. The smallest absolute Gasteiger partial charge is 0.248 e. The fourth-order valence-corrected chi connectivity index (χ4v) is 5.77. The minimum Gasteiger partial charge on any atom is -0.454 e. The summed E-state index contributed by atoms with van der Waals surface area (Å²) in [4.78, 5) is 23.8. The molecule has 0 radical (unpaired) electrons. The number of aromatic nitrogens is 3. The van der Waals surface area contributed by atoms with Gasteiger partial charge in [-0.25, -0.2) is 9.97 Å². The third-order valence-corrected chi connectivity index (χ3v) is 7.78. The number of ether oxygens (including phenoxy) is 2. The van der Waals surface area contributed by atoms with Crippen molar-refractivity contribution in [1.82, 2.24) is 19.4 Å². The Morgan fingerprint density at radius 1 is 1.34 bits per heavy atom. The van der Waals surface area contributed by atoms with E-state index in [0.29, 0.717) is 35.9 Å². The predicted octanol–water partition coefficient (Wildman–Crippen LogP) is 3.03. The van der Waals surface area contributed by atoms with Crippen LogP contribution in [0.4, 0.5) is 5.82 Å². The summed E-state index contributed by atoms with van der Waals surface area (Å²) in [6.07, 6.45) is 4.31. The van der Waals surface area contributed by atoms with E-state index in [0.717, 1.165) is 39.3 Å². The number of likely N-dealkylation sites (tertiary alicyclic amines) is 1. The Kier molecular flexibility index (Phi) is 5.87. The lowest BCUT2D eigenvalue weighted by molar-refractivity contribution is -0.135. The number of nitrogen functional groups attached to an aromatic ring is 1. The van der Waals surface area contributed by atoms with Gasteiger partial charge in [0.25, 0.3) is 0 Å². The van der Waals surface area contributed by atoms with Crippen molar-refractivity contribution in [2.75, 3.05) is 25.7 Å². The highest BCUT2D eigenvalue weighted by Gasteiger charge is 2.28. The number of imidazole rings is 1. The summed E-state index contributed by atoms with van der Waals surface area (Å²) >= 11 is 5.12. The number of nitrogens with zero attached hydrogens (tertiary/aromatic N) is 4. The van der Waals surface area contributed by atoms with Crippen molar-refractivity contribution >= 4 is 50.5 Å². The van der Waals surface area contributed by atoms with Gasteiger partial charge in [-0.2, -0.15) is 0 Å². The molecule has 1 aromatic carbocycles. The van der Waals surface area contributed by atoms with Crippen molar-refractivity contribution in [3.05, 3.63) is 28.9 Å². The monoisotopic (exact) mass is 519 g/mol. The topological polar surface area (TPSA) is 116 Å². The first kappa shape index (κ1) is 21.4. The molecule has 1 saturated heterocycles. The van der Waals surface area contributed by atoms with Gasteiger partial charge in [-0.15, -0.1) is 0 Å². The van der Waals surface area contributed by atoms with Crippen LogP contribution in [0.2, 0.25) is 0 Å². The molecule has 168 valence electrons. The number of benzene rings is 1. The van der Waals surface area contributed by atoms with Gasteiger partial charge >= 0.3 is 0 Å². The quantitative estimate of drug-likeness (QED) is 0.510. The number of hydrogen-bond acceptors (Lipinski definition) is 8. The van der Waals surface area contributed by atoms with Crippen molar-refractivity contribution < 1.29 is 19.4 Å². The molecule has 1 amide bonds. The molecule has 5 rings (SSSR count). The summed E-state index contributed by atoms with van der Waals surface area (Å²) < 4.78 is 14.0. The minimum absolute atomic E-state index is 0.0985. The minimum atomic E-state index is -0.452. The number of aliphatic hydroxyl groups is 1. The zero-order chi connectivity index (χ0) is 22.2. The first-order valence-electron chi connectivity index (χ1n) is 10.3. The fourth-order valence-electron chi connectivity index (χ4n) is 4.25. The maximum atomic E-state index is 12.1.